The average Bonchev–Trinajstić information content (AvgIpc) is 3.39. The Balaban J connectivity index is 1.66. The molecule has 1 aromatic carbocycles. The van der Waals surface area contributed by atoms with E-state index in [-0.39, 0.29) is 5.82 Å². The van der Waals surface area contributed by atoms with E-state index in [0.717, 1.165) is 46.4 Å². The topological polar surface area (TPSA) is 43.1 Å². The molecule has 1 aliphatic rings. The lowest BCUT2D eigenvalue weighted by molar-refractivity contribution is 0.611. The van der Waals surface area contributed by atoms with Gasteiger partial charge in [0, 0.05) is 29.1 Å². The van der Waals surface area contributed by atoms with E-state index in [0.29, 0.717) is 5.92 Å². The number of pyridine rings is 2. The molecule has 3 heterocycles. The summed E-state index contributed by atoms with van der Waals surface area (Å²) < 4.78 is 15.8. The third kappa shape index (κ3) is 2.48. The minimum Gasteiger partial charge on any atom is -0.256 e. The van der Waals surface area contributed by atoms with Gasteiger partial charge in [-0.3, -0.25) is 4.98 Å². The minimum absolute atomic E-state index is 0.118. The van der Waals surface area contributed by atoms with Crippen molar-refractivity contribution in [1.29, 1.82) is 0 Å². The van der Waals surface area contributed by atoms with Crippen molar-refractivity contribution in [3.8, 4) is 22.4 Å². The third-order valence-corrected chi connectivity index (χ3v) is 4.68. The fourth-order valence-electron chi connectivity index (χ4n) is 3.24. The van der Waals surface area contributed by atoms with E-state index in [9.17, 15) is 4.39 Å². The molecule has 3 aromatic heterocycles. The molecule has 5 rings (SSSR count). The second-order valence-electron chi connectivity index (χ2n) is 6.39. The number of benzene rings is 1. The Morgan fingerprint density at radius 1 is 1.00 bits per heavy atom. The van der Waals surface area contributed by atoms with Crippen LogP contribution in [0.4, 0.5) is 4.39 Å². The number of halogens is 1. The Kier molecular flexibility index (Phi) is 3.13. The van der Waals surface area contributed by atoms with Gasteiger partial charge in [0.15, 0.2) is 5.65 Å². The molecular weight excluding hydrogens is 315 g/mol. The fraction of sp³-hybridized carbons (Fsp3) is 0.150. The number of aromatic nitrogens is 4. The van der Waals surface area contributed by atoms with Crippen molar-refractivity contribution in [2.75, 3.05) is 0 Å². The molecule has 4 aromatic rings. The maximum atomic E-state index is 14.1. The van der Waals surface area contributed by atoms with Gasteiger partial charge in [0.25, 0.3) is 0 Å². The number of fused-ring (bicyclic) bond motifs is 1. The maximum absolute atomic E-state index is 14.1. The van der Waals surface area contributed by atoms with Crippen molar-refractivity contribution in [2.24, 2.45) is 0 Å². The highest BCUT2D eigenvalue weighted by Crippen LogP contribution is 2.43. The monoisotopic (exact) mass is 330 g/mol. The summed E-state index contributed by atoms with van der Waals surface area (Å²) in [7, 11) is 0. The van der Waals surface area contributed by atoms with Gasteiger partial charge in [0.05, 0.1) is 5.69 Å². The van der Waals surface area contributed by atoms with E-state index in [4.69, 9.17) is 0 Å². The predicted molar refractivity (Wildman–Crippen MR) is 93.6 cm³/mol. The van der Waals surface area contributed by atoms with E-state index in [1.807, 2.05) is 36.5 Å². The van der Waals surface area contributed by atoms with Gasteiger partial charge in [0.2, 0.25) is 0 Å². The first-order chi connectivity index (χ1) is 12.3. The zero-order chi connectivity index (χ0) is 16.8. The van der Waals surface area contributed by atoms with Gasteiger partial charge in [-0.2, -0.15) is 5.10 Å². The largest absolute Gasteiger partial charge is 0.256 e. The molecule has 5 heteroatoms. The van der Waals surface area contributed by atoms with E-state index in [2.05, 4.69) is 15.1 Å². The Morgan fingerprint density at radius 3 is 2.76 bits per heavy atom. The average molecular weight is 330 g/mol. The van der Waals surface area contributed by atoms with Crippen LogP contribution in [0.5, 0.6) is 0 Å². The highest BCUT2D eigenvalue weighted by atomic mass is 19.1. The van der Waals surface area contributed by atoms with Crippen LogP contribution >= 0.6 is 0 Å². The molecule has 1 saturated carbocycles. The van der Waals surface area contributed by atoms with E-state index < -0.39 is 0 Å². The minimum atomic E-state index is -0.118. The first-order valence-electron chi connectivity index (χ1n) is 8.34. The van der Waals surface area contributed by atoms with E-state index in [1.54, 1.807) is 22.8 Å². The van der Waals surface area contributed by atoms with Gasteiger partial charge in [-0.1, -0.05) is 6.07 Å². The molecule has 0 saturated heterocycles. The SMILES string of the molecule is Fc1ccc(-c2ncccc2-c2ccc3ncnn3c2)cc1C1CC1. The molecule has 0 spiro atoms. The van der Waals surface area contributed by atoms with Crippen LogP contribution in [0.2, 0.25) is 0 Å². The van der Waals surface area contributed by atoms with Crippen molar-refractivity contribution in [1.82, 2.24) is 19.6 Å². The number of hydrogen-bond donors (Lipinski definition) is 0. The summed E-state index contributed by atoms with van der Waals surface area (Å²) in [4.78, 5) is 8.75. The lowest BCUT2D eigenvalue weighted by Gasteiger charge is -2.11. The first-order valence-corrected chi connectivity index (χ1v) is 8.34. The molecular formula is C20H15FN4. The molecule has 1 aliphatic carbocycles. The molecule has 0 aliphatic heterocycles. The molecule has 0 radical (unpaired) electrons. The van der Waals surface area contributed by atoms with Crippen LogP contribution in [0, 0.1) is 5.82 Å². The van der Waals surface area contributed by atoms with Crippen LogP contribution in [0.1, 0.15) is 24.3 Å². The fourth-order valence-corrected chi connectivity index (χ4v) is 3.24. The molecule has 0 atom stereocenters. The van der Waals surface area contributed by atoms with Gasteiger partial charge < -0.3 is 0 Å². The highest BCUT2D eigenvalue weighted by Gasteiger charge is 2.27. The quantitative estimate of drug-likeness (QED) is 0.556. The lowest BCUT2D eigenvalue weighted by atomic mass is 9.98. The maximum Gasteiger partial charge on any atom is 0.155 e. The summed E-state index contributed by atoms with van der Waals surface area (Å²) in [6.45, 7) is 0. The van der Waals surface area contributed by atoms with E-state index >= 15 is 0 Å². The van der Waals surface area contributed by atoms with Crippen molar-refractivity contribution >= 4 is 5.65 Å². The summed E-state index contributed by atoms with van der Waals surface area (Å²) in [6, 6.07) is 13.2. The third-order valence-electron chi connectivity index (χ3n) is 4.68. The van der Waals surface area contributed by atoms with Crippen LogP contribution < -0.4 is 0 Å². The Labute approximate surface area is 144 Å². The van der Waals surface area contributed by atoms with Crippen molar-refractivity contribution in [2.45, 2.75) is 18.8 Å². The summed E-state index contributed by atoms with van der Waals surface area (Å²) in [5.74, 6) is 0.242. The molecule has 25 heavy (non-hydrogen) atoms. The van der Waals surface area contributed by atoms with Crippen molar-refractivity contribution in [3.05, 3.63) is 72.6 Å². The number of nitrogens with zero attached hydrogens (tertiary/aromatic N) is 4. The molecule has 0 amide bonds. The lowest BCUT2D eigenvalue weighted by Crippen LogP contribution is -1.94. The molecule has 122 valence electrons. The van der Waals surface area contributed by atoms with Crippen LogP contribution in [0.15, 0.2) is 61.2 Å². The van der Waals surface area contributed by atoms with Crippen LogP contribution in [-0.2, 0) is 0 Å². The summed E-state index contributed by atoms with van der Waals surface area (Å²) in [5, 5.41) is 4.20. The van der Waals surface area contributed by atoms with Gasteiger partial charge in [0.1, 0.15) is 12.1 Å². The Bertz CT molecular complexity index is 1080. The first kappa shape index (κ1) is 14.3. The predicted octanol–water partition coefficient (Wildman–Crippen LogP) is 4.47. The van der Waals surface area contributed by atoms with Crippen molar-refractivity contribution < 1.29 is 4.39 Å². The molecule has 0 bridgehead atoms. The van der Waals surface area contributed by atoms with E-state index in [1.165, 1.54) is 6.33 Å². The molecule has 1 fully saturated rings. The second-order valence-corrected chi connectivity index (χ2v) is 6.39. The zero-order valence-electron chi connectivity index (χ0n) is 13.4. The molecule has 0 unspecified atom stereocenters. The van der Waals surface area contributed by atoms with Crippen molar-refractivity contribution in [3.63, 3.8) is 0 Å². The smallest absolute Gasteiger partial charge is 0.155 e. The summed E-state index contributed by atoms with van der Waals surface area (Å²) in [5.41, 5.74) is 5.39. The Hall–Kier alpha value is -3.08. The standard InChI is InChI=1S/C20H15FN4/c21-18-7-5-14(10-17(18)13-3-4-13)20-16(2-1-9-22-20)15-6-8-19-23-12-24-25(19)11-15/h1-2,5-13H,3-4H2. The van der Waals surface area contributed by atoms with Gasteiger partial charge >= 0.3 is 0 Å². The second kappa shape index (κ2) is 5.48. The molecule has 0 N–H and O–H groups in total. The summed E-state index contributed by atoms with van der Waals surface area (Å²) in [6.07, 6.45) is 7.38. The van der Waals surface area contributed by atoms with Gasteiger partial charge in [-0.05, 0) is 60.7 Å². The summed E-state index contributed by atoms with van der Waals surface area (Å²) >= 11 is 0. The highest BCUT2D eigenvalue weighted by molar-refractivity contribution is 5.81. The van der Waals surface area contributed by atoms with Crippen LogP contribution in [0.3, 0.4) is 0 Å². The normalized spacial score (nSPS) is 14.1. The Morgan fingerprint density at radius 2 is 1.88 bits per heavy atom. The van der Waals surface area contributed by atoms with Crippen LogP contribution in [-0.4, -0.2) is 19.6 Å². The number of hydrogen-bond acceptors (Lipinski definition) is 3. The van der Waals surface area contributed by atoms with Gasteiger partial charge in [-0.15, -0.1) is 0 Å². The van der Waals surface area contributed by atoms with Gasteiger partial charge in [-0.25, -0.2) is 13.9 Å². The zero-order valence-corrected chi connectivity index (χ0v) is 13.4. The molecule has 4 nitrogen and oxygen atoms in total. The number of rotatable bonds is 3. The van der Waals surface area contributed by atoms with Crippen LogP contribution in [0.25, 0.3) is 28.0 Å².